The van der Waals surface area contributed by atoms with Crippen molar-refractivity contribution in [2.45, 2.75) is 19.3 Å². The summed E-state index contributed by atoms with van der Waals surface area (Å²) in [5.41, 5.74) is 4.97. The number of rotatable bonds is 3. The first-order valence-electron chi connectivity index (χ1n) is 7.39. The molecule has 0 saturated heterocycles. The highest BCUT2D eigenvalue weighted by molar-refractivity contribution is 5.90. The van der Waals surface area contributed by atoms with Crippen LogP contribution in [0.1, 0.15) is 24.1 Å². The number of methoxy groups -OCH3 is 1. The van der Waals surface area contributed by atoms with E-state index in [-0.39, 0.29) is 0 Å². The van der Waals surface area contributed by atoms with Gasteiger partial charge >= 0.3 is 0 Å². The number of ether oxygens (including phenoxy) is 1. The Hall–Kier alpha value is -1.90. The summed E-state index contributed by atoms with van der Waals surface area (Å²) >= 11 is 0. The molecule has 0 atom stereocenters. The van der Waals surface area contributed by atoms with E-state index >= 15 is 0 Å². The largest absolute Gasteiger partial charge is 0.497 e. The van der Waals surface area contributed by atoms with E-state index in [0.717, 1.165) is 30.3 Å². The minimum absolute atomic E-state index is 0.901. The minimum atomic E-state index is 0.901. The van der Waals surface area contributed by atoms with Crippen LogP contribution in [0.3, 0.4) is 0 Å². The van der Waals surface area contributed by atoms with E-state index in [0.29, 0.717) is 0 Å². The van der Waals surface area contributed by atoms with Gasteiger partial charge in [-0.2, -0.15) is 0 Å². The Morgan fingerprint density at radius 3 is 3.00 bits per heavy atom. The van der Waals surface area contributed by atoms with Gasteiger partial charge in [-0.1, -0.05) is 6.58 Å². The van der Waals surface area contributed by atoms with Crippen LogP contribution in [-0.2, 0) is 6.42 Å². The molecule has 1 saturated carbocycles. The summed E-state index contributed by atoms with van der Waals surface area (Å²) in [6, 6.07) is 6.24. The topological polar surface area (TPSA) is 28.3 Å². The summed E-state index contributed by atoms with van der Waals surface area (Å²) < 4.78 is 5.34. The molecular formula is C17H20N2O. The molecule has 1 N–H and O–H groups in total. The SMILES string of the molecule is C=C1c2[nH]c3ccc(OC)cc3c2CCN1CC1CC1. The van der Waals surface area contributed by atoms with Gasteiger partial charge in [0.2, 0.25) is 0 Å². The van der Waals surface area contributed by atoms with E-state index < -0.39 is 0 Å². The fraction of sp³-hybridized carbons (Fsp3) is 0.412. The molecule has 1 aromatic carbocycles. The lowest BCUT2D eigenvalue weighted by molar-refractivity contribution is 0.373. The summed E-state index contributed by atoms with van der Waals surface area (Å²) in [7, 11) is 1.72. The molecular weight excluding hydrogens is 248 g/mol. The molecule has 3 heteroatoms. The van der Waals surface area contributed by atoms with Gasteiger partial charge in [0, 0.05) is 24.0 Å². The first-order valence-corrected chi connectivity index (χ1v) is 7.39. The molecule has 4 rings (SSSR count). The molecule has 1 aliphatic heterocycles. The van der Waals surface area contributed by atoms with Crippen LogP contribution in [0, 0.1) is 5.92 Å². The van der Waals surface area contributed by atoms with Crippen molar-refractivity contribution in [3.63, 3.8) is 0 Å². The Balaban J connectivity index is 1.75. The van der Waals surface area contributed by atoms with E-state index in [9.17, 15) is 0 Å². The number of fused-ring (bicyclic) bond motifs is 3. The lowest BCUT2D eigenvalue weighted by Crippen LogP contribution is -2.30. The molecule has 0 spiro atoms. The Morgan fingerprint density at radius 1 is 1.40 bits per heavy atom. The molecule has 2 aliphatic rings. The van der Waals surface area contributed by atoms with Crippen LogP contribution in [0.5, 0.6) is 5.75 Å². The van der Waals surface area contributed by atoms with Gasteiger partial charge in [-0.05, 0) is 48.9 Å². The molecule has 104 valence electrons. The molecule has 0 radical (unpaired) electrons. The predicted octanol–water partition coefficient (Wildman–Crippen LogP) is 3.42. The van der Waals surface area contributed by atoms with E-state index in [2.05, 4.69) is 28.6 Å². The van der Waals surface area contributed by atoms with Crippen molar-refractivity contribution in [2.75, 3.05) is 20.2 Å². The second kappa shape index (κ2) is 4.30. The zero-order valence-electron chi connectivity index (χ0n) is 11.9. The number of benzene rings is 1. The molecule has 3 nitrogen and oxygen atoms in total. The molecule has 0 bridgehead atoms. The maximum Gasteiger partial charge on any atom is 0.119 e. The van der Waals surface area contributed by atoms with Crippen LogP contribution in [0.4, 0.5) is 0 Å². The summed E-state index contributed by atoms with van der Waals surface area (Å²) in [5.74, 6) is 1.82. The Morgan fingerprint density at radius 2 is 2.25 bits per heavy atom. The number of H-pyrrole nitrogens is 1. The van der Waals surface area contributed by atoms with Crippen molar-refractivity contribution >= 4 is 16.6 Å². The van der Waals surface area contributed by atoms with Gasteiger partial charge in [0.15, 0.2) is 0 Å². The van der Waals surface area contributed by atoms with Gasteiger partial charge in [-0.25, -0.2) is 0 Å². The normalized spacial score (nSPS) is 18.4. The van der Waals surface area contributed by atoms with Gasteiger partial charge in [0.05, 0.1) is 18.5 Å². The number of aromatic nitrogens is 1. The van der Waals surface area contributed by atoms with E-state index in [4.69, 9.17) is 4.74 Å². The molecule has 0 amide bonds. The zero-order chi connectivity index (χ0) is 13.7. The minimum Gasteiger partial charge on any atom is -0.497 e. The summed E-state index contributed by atoms with van der Waals surface area (Å²) in [4.78, 5) is 5.99. The second-order valence-corrected chi connectivity index (χ2v) is 5.98. The molecule has 2 aromatic rings. The molecule has 2 heterocycles. The average molecular weight is 268 g/mol. The van der Waals surface area contributed by atoms with Crippen LogP contribution >= 0.6 is 0 Å². The van der Waals surface area contributed by atoms with Crippen molar-refractivity contribution < 1.29 is 4.74 Å². The summed E-state index contributed by atoms with van der Waals surface area (Å²) in [6.45, 7) is 6.59. The molecule has 0 unspecified atom stereocenters. The number of nitrogens with one attached hydrogen (secondary N) is 1. The molecule has 1 fully saturated rings. The van der Waals surface area contributed by atoms with E-state index in [1.807, 2.05) is 6.07 Å². The van der Waals surface area contributed by atoms with Crippen molar-refractivity contribution in [1.82, 2.24) is 9.88 Å². The summed E-state index contributed by atoms with van der Waals surface area (Å²) in [5, 5.41) is 1.28. The predicted molar refractivity (Wildman–Crippen MR) is 81.9 cm³/mol. The fourth-order valence-electron chi connectivity index (χ4n) is 3.21. The van der Waals surface area contributed by atoms with E-state index in [1.165, 1.54) is 41.5 Å². The van der Waals surface area contributed by atoms with Crippen molar-refractivity contribution in [3.05, 3.63) is 36.0 Å². The maximum atomic E-state index is 5.34. The quantitative estimate of drug-likeness (QED) is 0.924. The van der Waals surface area contributed by atoms with Crippen molar-refractivity contribution in [1.29, 1.82) is 0 Å². The van der Waals surface area contributed by atoms with Crippen LogP contribution in [0.15, 0.2) is 24.8 Å². The number of hydrogen-bond donors (Lipinski definition) is 1. The van der Waals surface area contributed by atoms with Gasteiger partial charge in [0.1, 0.15) is 5.75 Å². The summed E-state index contributed by atoms with van der Waals surface area (Å²) in [6.07, 6.45) is 3.87. The molecule has 1 aromatic heterocycles. The lowest BCUT2D eigenvalue weighted by Gasteiger charge is -2.31. The van der Waals surface area contributed by atoms with Crippen LogP contribution in [0.2, 0.25) is 0 Å². The maximum absolute atomic E-state index is 5.34. The highest BCUT2D eigenvalue weighted by atomic mass is 16.5. The number of aromatic amines is 1. The Kier molecular flexibility index (Phi) is 2.56. The van der Waals surface area contributed by atoms with Crippen LogP contribution < -0.4 is 4.74 Å². The first kappa shape index (κ1) is 11.9. The number of nitrogens with zero attached hydrogens (tertiary/aromatic N) is 1. The second-order valence-electron chi connectivity index (χ2n) is 5.98. The first-order chi connectivity index (χ1) is 9.76. The van der Waals surface area contributed by atoms with Crippen LogP contribution in [0.25, 0.3) is 16.6 Å². The van der Waals surface area contributed by atoms with Gasteiger partial charge in [-0.3, -0.25) is 0 Å². The fourth-order valence-corrected chi connectivity index (χ4v) is 3.21. The highest BCUT2D eigenvalue weighted by Crippen LogP contribution is 2.37. The van der Waals surface area contributed by atoms with Crippen molar-refractivity contribution in [2.24, 2.45) is 5.92 Å². The third-order valence-electron chi connectivity index (χ3n) is 4.59. The highest BCUT2D eigenvalue weighted by Gasteiger charge is 2.29. The van der Waals surface area contributed by atoms with Gasteiger partial charge in [-0.15, -0.1) is 0 Å². The molecule has 20 heavy (non-hydrogen) atoms. The third kappa shape index (κ3) is 1.80. The molecule has 1 aliphatic carbocycles. The van der Waals surface area contributed by atoms with Crippen molar-refractivity contribution in [3.8, 4) is 5.75 Å². The Bertz CT molecular complexity index is 682. The smallest absolute Gasteiger partial charge is 0.119 e. The van der Waals surface area contributed by atoms with E-state index in [1.54, 1.807) is 7.11 Å². The van der Waals surface area contributed by atoms with Crippen LogP contribution in [-0.4, -0.2) is 30.1 Å². The van der Waals surface area contributed by atoms with Gasteiger partial charge in [0.25, 0.3) is 0 Å². The zero-order valence-corrected chi connectivity index (χ0v) is 11.9. The Labute approximate surface area is 119 Å². The standard InChI is InChI=1S/C17H20N2O/c1-11-17-14(7-8-19(11)10-12-3-4-12)15-9-13(20-2)5-6-16(15)18-17/h5-6,9,12,18H,1,3-4,7-8,10H2,2H3. The van der Waals surface area contributed by atoms with Gasteiger partial charge < -0.3 is 14.6 Å². The lowest BCUT2D eigenvalue weighted by atomic mass is 10.0. The third-order valence-corrected chi connectivity index (χ3v) is 4.59. The average Bonchev–Trinajstić information content (AvgIpc) is 3.20. The number of hydrogen-bond acceptors (Lipinski definition) is 2. The monoisotopic (exact) mass is 268 g/mol.